The molecule has 2 N–H and O–H groups in total. The van der Waals surface area contributed by atoms with Gasteiger partial charge in [-0.2, -0.15) is 0 Å². The predicted octanol–water partition coefficient (Wildman–Crippen LogP) is 3.45. The molecule has 3 rings (SSSR count). The summed E-state index contributed by atoms with van der Waals surface area (Å²) in [6, 6.07) is 11.2. The molecule has 202 valence electrons. The Labute approximate surface area is 220 Å². The highest BCUT2D eigenvalue weighted by Crippen LogP contribution is 2.43. The zero-order chi connectivity index (χ0) is 28.0. The first kappa shape index (κ1) is 28.1. The van der Waals surface area contributed by atoms with Gasteiger partial charge in [-0.1, -0.05) is 12.1 Å². The van der Waals surface area contributed by atoms with E-state index in [2.05, 4.69) is 0 Å². The SMILES string of the molecule is COC(=O)C[C@@H](c1cc(OC)c(OC(C)=O)c(OC)c1)c1c(O)cc(C)n(CCc2ccc(O)cc2)c1=O. The van der Waals surface area contributed by atoms with E-state index in [9.17, 15) is 24.6 Å². The second-order valence-electron chi connectivity index (χ2n) is 8.64. The first-order valence-corrected chi connectivity index (χ1v) is 11.8. The number of benzene rings is 2. The minimum Gasteiger partial charge on any atom is -0.508 e. The smallest absolute Gasteiger partial charge is 0.308 e. The Morgan fingerprint density at radius 3 is 2.11 bits per heavy atom. The molecule has 1 aromatic heterocycles. The first-order valence-electron chi connectivity index (χ1n) is 11.8. The van der Waals surface area contributed by atoms with E-state index in [0.717, 1.165) is 5.56 Å². The number of hydrogen-bond donors (Lipinski definition) is 2. The van der Waals surface area contributed by atoms with Crippen molar-refractivity contribution in [2.45, 2.75) is 39.2 Å². The Kier molecular flexibility index (Phi) is 9.01. The third-order valence-corrected chi connectivity index (χ3v) is 6.16. The van der Waals surface area contributed by atoms with Crippen molar-refractivity contribution in [1.29, 1.82) is 0 Å². The van der Waals surface area contributed by atoms with Gasteiger partial charge in [-0.25, -0.2) is 0 Å². The Hall–Kier alpha value is -4.47. The summed E-state index contributed by atoms with van der Waals surface area (Å²) in [5, 5.41) is 20.5. The number of aromatic nitrogens is 1. The van der Waals surface area contributed by atoms with Crippen molar-refractivity contribution >= 4 is 11.9 Å². The summed E-state index contributed by atoms with van der Waals surface area (Å²) < 4.78 is 22.5. The number of hydrogen-bond acceptors (Lipinski definition) is 9. The van der Waals surface area contributed by atoms with Crippen LogP contribution in [0.1, 0.15) is 41.6 Å². The lowest BCUT2D eigenvalue weighted by atomic mass is 9.87. The topological polar surface area (TPSA) is 134 Å². The van der Waals surface area contributed by atoms with Crippen LogP contribution >= 0.6 is 0 Å². The molecule has 0 amide bonds. The van der Waals surface area contributed by atoms with Gasteiger partial charge < -0.3 is 33.7 Å². The molecule has 1 atom stereocenters. The normalized spacial score (nSPS) is 11.5. The van der Waals surface area contributed by atoms with Gasteiger partial charge in [0.25, 0.3) is 5.56 Å². The maximum absolute atomic E-state index is 13.8. The van der Waals surface area contributed by atoms with Crippen LogP contribution in [0, 0.1) is 6.92 Å². The van der Waals surface area contributed by atoms with Gasteiger partial charge in [0.2, 0.25) is 5.75 Å². The van der Waals surface area contributed by atoms with Gasteiger partial charge in [-0.05, 0) is 54.8 Å². The van der Waals surface area contributed by atoms with Crippen molar-refractivity contribution in [3.63, 3.8) is 0 Å². The fourth-order valence-corrected chi connectivity index (χ4v) is 4.26. The molecule has 3 aromatic rings. The summed E-state index contributed by atoms with van der Waals surface area (Å²) in [5.41, 5.74) is 1.37. The van der Waals surface area contributed by atoms with Crippen molar-refractivity contribution in [3.8, 4) is 28.7 Å². The average Bonchev–Trinajstić information content (AvgIpc) is 2.88. The summed E-state index contributed by atoms with van der Waals surface area (Å²) in [7, 11) is 3.98. The molecule has 0 fully saturated rings. The van der Waals surface area contributed by atoms with Crippen LogP contribution in [0.3, 0.4) is 0 Å². The van der Waals surface area contributed by atoms with Crippen LogP contribution in [-0.4, -0.2) is 48.0 Å². The standard InChI is InChI=1S/C28H31NO9/c1-16-12-22(32)26(28(34)29(16)11-10-18-6-8-20(31)9-7-18)21(15-25(33)37-5)19-13-23(35-3)27(38-17(2)30)24(14-19)36-4/h6-9,12-14,21,31-32H,10-11,15H2,1-5H3/t21-/m0/s1. The van der Waals surface area contributed by atoms with Crippen LogP contribution in [-0.2, 0) is 27.3 Å². The monoisotopic (exact) mass is 525 g/mol. The summed E-state index contributed by atoms with van der Waals surface area (Å²) in [6.45, 7) is 3.24. The number of nitrogens with zero attached hydrogens (tertiary/aromatic N) is 1. The molecule has 0 aliphatic rings. The van der Waals surface area contributed by atoms with Crippen molar-refractivity contribution < 1.29 is 38.7 Å². The molecule has 0 aliphatic carbocycles. The highest BCUT2D eigenvalue weighted by atomic mass is 16.6. The maximum Gasteiger partial charge on any atom is 0.308 e. The Bertz CT molecular complexity index is 1350. The number of esters is 2. The zero-order valence-corrected chi connectivity index (χ0v) is 21.9. The number of aromatic hydroxyl groups is 2. The van der Waals surface area contributed by atoms with Crippen molar-refractivity contribution in [1.82, 2.24) is 4.57 Å². The fourth-order valence-electron chi connectivity index (χ4n) is 4.26. The van der Waals surface area contributed by atoms with Gasteiger partial charge in [0.15, 0.2) is 11.5 Å². The molecule has 38 heavy (non-hydrogen) atoms. The molecule has 0 unspecified atom stereocenters. The molecule has 0 aliphatic heterocycles. The molecule has 10 heteroatoms. The molecule has 2 aromatic carbocycles. The molecule has 0 saturated carbocycles. The number of phenols is 1. The predicted molar refractivity (Wildman–Crippen MR) is 138 cm³/mol. The van der Waals surface area contributed by atoms with Crippen LogP contribution in [0.4, 0.5) is 0 Å². The Morgan fingerprint density at radius 2 is 1.58 bits per heavy atom. The van der Waals surface area contributed by atoms with Crippen molar-refractivity contribution in [3.05, 3.63) is 75.2 Å². The number of rotatable bonds is 10. The van der Waals surface area contributed by atoms with E-state index in [4.69, 9.17) is 18.9 Å². The number of phenolic OH excluding ortho intramolecular Hbond substituents is 1. The lowest BCUT2D eigenvalue weighted by Gasteiger charge is -2.22. The maximum atomic E-state index is 13.8. The molecule has 1 heterocycles. The average molecular weight is 526 g/mol. The van der Waals surface area contributed by atoms with Gasteiger partial charge in [0, 0.05) is 25.1 Å². The number of carbonyl (C=O) groups is 2. The molecule has 0 bridgehead atoms. The number of methoxy groups -OCH3 is 3. The van der Waals surface area contributed by atoms with E-state index in [1.807, 2.05) is 0 Å². The minimum absolute atomic E-state index is 0.00366. The van der Waals surface area contributed by atoms with E-state index in [1.165, 1.54) is 51.0 Å². The number of aryl methyl sites for hydroxylation is 2. The Balaban J connectivity index is 2.16. The third-order valence-electron chi connectivity index (χ3n) is 6.16. The van der Waals surface area contributed by atoms with Gasteiger partial charge in [0.1, 0.15) is 11.5 Å². The van der Waals surface area contributed by atoms with Crippen LogP contribution in [0.5, 0.6) is 28.7 Å². The van der Waals surface area contributed by atoms with E-state index in [1.54, 1.807) is 31.2 Å². The fraction of sp³-hybridized carbons (Fsp3) is 0.321. The number of carbonyl (C=O) groups excluding carboxylic acids is 2. The van der Waals surface area contributed by atoms with Crippen LogP contribution in [0.2, 0.25) is 0 Å². The van der Waals surface area contributed by atoms with Crippen LogP contribution < -0.4 is 19.8 Å². The van der Waals surface area contributed by atoms with Gasteiger partial charge in [0.05, 0.1) is 33.3 Å². The molecular formula is C28H31NO9. The lowest BCUT2D eigenvalue weighted by molar-refractivity contribution is -0.140. The summed E-state index contributed by atoms with van der Waals surface area (Å²) in [5.74, 6) is -1.94. The second kappa shape index (κ2) is 12.2. The van der Waals surface area contributed by atoms with Crippen molar-refractivity contribution in [2.75, 3.05) is 21.3 Å². The quantitative estimate of drug-likeness (QED) is 0.302. The summed E-state index contributed by atoms with van der Waals surface area (Å²) in [6.07, 6.45) is 0.227. The molecule has 0 saturated heterocycles. The highest BCUT2D eigenvalue weighted by molar-refractivity contribution is 5.74. The Morgan fingerprint density at radius 1 is 0.974 bits per heavy atom. The number of pyridine rings is 1. The van der Waals surface area contributed by atoms with Crippen LogP contribution in [0.15, 0.2) is 47.3 Å². The summed E-state index contributed by atoms with van der Waals surface area (Å²) in [4.78, 5) is 37.8. The second-order valence-corrected chi connectivity index (χ2v) is 8.64. The van der Waals surface area contributed by atoms with Gasteiger partial charge >= 0.3 is 11.9 Å². The minimum atomic E-state index is -0.940. The highest BCUT2D eigenvalue weighted by Gasteiger charge is 2.29. The van der Waals surface area contributed by atoms with E-state index in [0.29, 0.717) is 24.2 Å². The first-order chi connectivity index (χ1) is 18.1. The number of ether oxygens (including phenoxy) is 4. The molecule has 0 radical (unpaired) electrons. The van der Waals surface area contributed by atoms with Crippen molar-refractivity contribution in [2.24, 2.45) is 0 Å². The summed E-state index contributed by atoms with van der Waals surface area (Å²) >= 11 is 0. The third kappa shape index (κ3) is 6.26. The molecule has 0 spiro atoms. The lowest BCUT2D eigenvalue weighted by Crippen LogP contribution is -2.29. The molecule has 10 nitrogen and oxygen atoms in total. The van der Waals surface area contributed by atoms with Gasteiger partial charge in [-0.15, -0.1) is 0 Å². The van der Waals surface area contributed by atoms with E-state index >= 15 is 0 Å². The van der Waals surface area contributed by atoms with Crippen LogP contribution in [0.25, 0.3) is 0 Å². The van der Waals surface area contributed by atoms with Gasteiger partial charge in [-0.3, -0.25) is 14.4 Å². The van der Waals surface area contributed by atoms with E-state index < -0.39 is 23.4 Å². The zero-order valence-electron chi connectivity index (χ0n) is 21.9. The largest absolute Gasteiger partial charge is 0.508 e. The van der Waals surface area contributed by atoms with E-state index in [-0.39, 0.29) is 40.7 Å². The molecular weight excluding hydrogens is 494 g/mol.